The lowest BCUT2D eigenvalue weighted by Gasteiger charge is -2.35. The Morgan fingerprint density at radius 1 is 1.35 bits per heavy atom. The summed E-state index contributed by atoms with van der Waals surface area (Å²) in [6.07, 6.45) is 4.45. The molecule has 1 atom stereocenters. The van der Waals surface area contributed by atoms with Gasteiger partial charge < -0.3 is 14.7 Å². The molecule has 1 saturated heterocycles. The molecule has 1 aromatic carbocycles. The quantitative estimate of drug-likeness (QED) is 0.837. The minimum absolute atomic E-state index is 0.0209. The number of nitrogens with zero attached hydrogens (tertiary/aromatic N) is 1. The Bertz CT molecular complexity index is 544. The van der Waals surface area contributed by atoms with Gasteiger partial charge in [-0.3, -0.25) is 9.59 Å². The van der Waals surface area contributed by atoms with E-state index >= 15 is 0 Å². The summed E-state index contributed by atoms with van der Waals surface area (Å²) in [4.78, 5) is 25.5. The molecule has 1 aliphatic heterocycles. The highest BCUT2D eigenvalue weighted by Gasteiger charge is 2.27. The predicted molar refractivity (Wildman–Crippen MR) is 87.8 cm³/mol. The van der Waals surface area contributed by atoms with Gasteiger partial charge >= 0.3 is 5.97 Å². The first-order chi connectivity index (χ1) is 11.1. The number of piperidine rings is 1. The molecule has 0 aliphatic carbocycles. The molecule has 1 unspecified atom stereocenters. The zero-order valence-electron chi connectivity index (χ0n) is 13.7. The summed E-state index contributed by atoms with van der Waals surface area (Å²) in [7, 11) is 0. The van der Waals surface area contributed by atoms with Gasteiger partial charge in [0.2, 0.25) is 0 Å². The molecule has 126 valence electrons. The third kappa shape index (κ3) is 4.98. The van der Waals surface area contributed by atoms with Crippen molar-refractivity contribution in [3.63, 3.8) is 0 Å². The summed E-state index contributed by atoms with van der Waals surface area (Å²) >= 11 is 0. The van der Waals surface area contributed by atoms with Gasteiger partial charge in [-0.1, -0.05) is 13.0 Å². The first kappa shape index (κ1) is 17.3. The molecule has 1 aromatic rings. The number of rotatable bonds is 7. The van der Waals surface area contributed by atoms with Crippen LogP contribution in [0.1, 0.15) is 55.8 Å². The largest absolute Gasteiger partial charge is 0.494 e. The average molecular weight is 319 g/mol. The Labute approximate surface area is 137 Å². The zero-order chi connectivity index (χ0) is 16.7. The average Bonchev–Trinajstić information content (AvgIpc) is 2.58. The Morgan fingerprint density at radius 3 is 2.91 bits per heavy atom. The lowest BCUT2D eigenvalue weighted by molar-refractivity contribution is -0.137. The lowest BCUT2D eigenvalue weighted by atomic mass is 9.97. The molecule has 1 N–H and O–H groups in total. The van der Waals surface area contributed by atoms with Crippen LogP contribution in [0.5, 0.6) is 5.75 Å². The summed E-state index contributed by atoms with van der Waals surface area (Å²) in [6, 6.07) is 7.27. The standard InChI is InChI=1S/C18H25NO4/c1-2-12-23-16-8-5-6-14(13-16)18(22)19-11-4-3-7-15(19)9-10-17(20)21/h5-6,8,13,15H,2-4,7,9-12H2,1H3,(H,20,21). The van der Waals surface area contributed by atoms with Crippen molar-refractivity contribution in [3.05, 3.63) is 29.8 Å². The van der Waals surface area contributed by atoms with E-state index in [2.05, 4.69) is 0 Å². The fourth-order valence-electron chi connectivity index (χ4n) is 2.96. The highest BCUT2D eigenvalue weighted by Crippen LogP contribution is 2.24. The van der Waals surface area contributed by atoms with Crippen LogP contribution in [0.2, 0.25) is 0 Å². The third-order valence-corrected chi connectivity index (χ3v) is 4.13. The van der Waals surface area contributed by atoms with Crippen molar-refractivity contribution in [3.8, 4) is 5.75 Å². The maximum Gasteiger partial charge on any atom is 0.303 e. The van der Waals surface area contributed by atoms with Gasteiger partial charge in [-0.25, -0.2) is 0 Å². The number of carbonyl (C=O) groups is 2. The highest BCUT2D eigenvalue weighted by molar-refractivity contribution is 5.95. The SMILES string of the molecule is CCCOc1cccc(C(=O)N2CCCCC2CCC(=O)O)c1. The van der Waals surface area contributed by atoms with Crippen LogP contribution in [0, 0.1) is 0 Å². The number of hydrogen-bond donors (Lipinski definition) is 1. The summed E-state index contributed by atoms with van der Waals surface area (Å²) in [6.45, 7) is 3.36. The van der Waals surface area contributed by atoms with Crippen molar-refractivity contribution in [2.24, 2.45) is 0 Å². The summed E-state index contributed by atoms with van der Waals surface area (Å²) < 4.78 is 5.59. The van der Waals surface area contributed by atoms with Gasteiger partial charge in [-0.15, -0.1) is 0 Å². The minimum Gasteiger partial charge on any atom is -0.494 e. The number of carboxylic acid groups (broad SMARTS) is 1. The van der Waals surface area contributed by atoms with E-state index in [1.807, 2.05) is 24.0 Å². The number of ether oxygens (including phenoxy) is 1. The second kappa shape index (κ2) is 8.56. The van der Waals surface area contributed by atoms with Crippen LogP contribution in [-0.4, -0.2) is 41.1 Å². The van der Waals surface area contributed by atoms with E-state index in [1.165, 1.54) is 0 Å². The Hall–Kier alpha value is -2.04. The molecule has 1 amide bonds. The van der Waals surface area contributed by atoms with Gasteiger partial charge in [0.1, 0.15) is 5.75 Å². The van der Waals surface area contributed by atoms with Crippen LogP contribution in [0.15, 0.2) is 24.3 Å². The third-order valence-electron chi connectivity index (χ3n) is 4.13. The molecular formula is C18H25NO4. The van der Waals surface area contributed by atoms with Crippen molar-refractivity contribution < 1.29 is 19.4 Å². The second-order valence-electron chi connectivity index (χ2n) is 5.96. The fraction of sp³-hybridized carbons (Fsp3) is 0.556. The summed E-state index contributed by atoms with van der Waals surface area (Å²) in [5.41, 5.74) is 0.612. The molecule has 0 radical (unpaired) electrons. The number of benzene rings is 1. The monoisotopic (exact) mass is 319 g/mol. The summed E-state index contributed by atoms with van der Waals surface area (Å²) in [5.74, 6) is -0.128. The molecule has 23 heavy (non-hydrogen) atoms. The van der Waals surface area contributed by atoms with Crippen molar-refractivity contribution in [1.29, 1.82) is 0 Å². The van der Waals surface area contributed by atoms with Crippen LogP contribution in [0.3, 0.4) is 0 Å². The Balaban J connectivity index is 2.08. The van der Waals surface area contributed by atoms with Gasteiger partial charge in [0.25, 0.3) is 5.91 Å². The fourth-order valence-corrected chi connectivity index (χ4v) is 2.96. The second-order valence-corrected chi connectivity index (χ2v) is 5.96. The van der Waals surface area contributed by atoms with Gasteiger partial charge in [0.05, 0.1) is 6.61 Å². The van der Waals surface area contributed by atoms with E-state index in [-0.39, 0.29) is 18.4 Å². The van der Waals surface area contributed by atoms with Crippen LogP contribution >= 0.6 is 0 Å². The maximum atomic E-state index is 12.8. The summed E-state index contributed by atoms with van der Waals surface area (Å²) in [5, 5.41) is 8.88. The van der Waals surface area contributed by atoms with E-state index in [4.69, 9.17) is 9.84 Å². The number of aliphatic carboxylic acids is 1. The van der Waals surface area contributed by atoms with Gasteiger partial charge in [-0.2, -0.15) is 0 Å². The zero-order valence-corrected chi connectivity index (χ0v) is 13.7. The van der Waals surface area contributed by atoms with E-state index in [9.17, 15) is 9.59 Å². The van der Waals surface area contributed by atoms with Crippen molar-refractivity contribution >= 4 is 11.9 Å². The van der Waals surface area contributed by atoms with Gasteiger partial charge in [0, 0.05) is 24.6 Å². The Morgan fingerprint density at radius 2 is 2.17 bits per heavy atom. The molecule has 0 saturated carbocycles. The molecular weight excluding hydrogens is 294 g/mol. The predicted octanol–water partition coefficient (Wildman–Crippen LogP) is 3.33. The van der Waals surface area contributed by atoms with Crippen LogP contribution in [-0.2, 0) is 4.79 Å². The lowest BCUT2D eigenvalue weighted by Crippen LogP contribution is -2.44. The molecule has 0 bridgehead atoms. The van der Waals surface area contributed by atoms with Crippen LogP contribution in [0.25, 0.3) is 0 Å². The molecule has 5 heteroatoms. The van der Waals surface area contributed by atoms with E-state index in [0.717, 1.165) is 25.7 Å². The number of likely N-dealkylation sites (tertiary alicyclic amines) is 1. The normalized spacial score (nSPS) is 17.8. The Kier molecular flexibility index (Phi) is 6.44. The molecule has 0 aromatic heterocycles. The molecule has 0 spiro atoms. The van der Waals surface area contributed by atoms with Gasteiger partial charge in [0.15, 0.2) is 0 Å². The minimum atomic E-state index is -0.807. The van der Waals surface area contributed by atoms with E-state index in [0.29, 0.717) is 30.9 Å². The van der Waals surface area contributed by atoms with Crippen molar-refractivity contribution in [2.75, 3.05) is 13.2 Å². The van der Waals surface area contributed by atoms with E-state index < -0.39 is 5.97 Å². The van der Waals surface area contributed by atoms with Crippen LogP contribution < -0.4 is 4.74 Å². The first-order valence-corrected chi connectivity index (χ1v) is 8.37. The molecule has 1 aliphatic rings. The molecule has 1 fully saturated rings. The van der Waals surface area contributed by atoms with Crippen LogP contribution in [0.4, 0.5) is 0 Å². The molecule has 2 rings (SSSR count). The number of hydrogen-bond acceptors (Lipinski definition) is 3. The number of carbonyl (C=O) groups excluding carboxylic acids is 1. The highest BCUT2D eigenvalue weighted by atomic mass is 16.5. The maximum absolute atomic E-state index is 12.8. The van der Waals surface area contributed by atoms with Crippen molar-refractivity contribution in [2.45, 2.75) is 51.5 Å². The van der Waals surface area contributed by atoms with Crippen molar-refractivity contribution in [1.82, 2.24) is 4.90 Å². The number of amides is 1. The topological polar surface area (TPSA) is 66.8 Å². The number of carboxylic acids is 1. The first-order valence-electron chi connectivity index (χ1n) is 8.37. The molecule has 1 heterocycles. The smallest absolute Gasteiger partial charge is 0.303 e. The van der Waals surface area contributed by atoms with E-state index in [1.54, 1.807) is 12.1 Å². The van der Waals surface area contributed by atoms with Gasteiger partial charge in [-0.05, 0) is 50.3 Å². The molecule has 5 nitrogen and oxygen atoms in total.